The van der Waals surface area contributed by atoms with Crippen LogP contribution in [-0.2, 0) is 6.42 Å². The lowest BCUT2D eigenvalue weighted by Crippen LogP contribution is -1.99. The smallest absolute Gasteiger partial charge is 0.122 e. The van der Waals surface area contributed by atoms with Gasteiger partial charge in [-0.1, -0.05) is 63.1 Å². The Hall–Kier alpha value is -1.96. The van der Waals surface area contributed by atoms with E-state index in [1.165, 1.54) is 0 Å². The van der Waals surface area contributed by atoms with Gasteiger partial charge in [-0.25, -0.2) is 0 Å². The van der Waals surface area contributed by atoms with Crippen molar-refractivity contribution >= 4 is 0 Å². The lowest BCUT2D eigenvalue weighted by Gasteiger charge is -2.17. The molecule has 0 aromatic heterocycles. The summed E-state index contributed by atoms with van der Waals surface area (Å²) in [5.41, 5.74) is 5.97. The number of rotatable bonds is 4. The standard InChI is InChI=1S/C21H28O2/c1-12(2)18-9-14(5)7-16(20(18)22)11-17-8-15(6)10-19(13(3)4)21(17)23/h7-10,12-13,22-23H,11H2,1-6H3. The van der Waals surface area contributed by atoms with Gasteiger partial charge in [0.2, 0.25) is 0 Å². The summed E-state index contributed by atoms with van der Waals surface area (Å²) in [4.78, 5) is 0. The van der Waals surface area contributed by atoms with Crippen LogP contribution in [0.2, 0.25) is 0 Å². The fraction of sp³-hybridized carbons (Fsp3) is 0.429. The van der Waals surface area contributed by atoms with Gasteiger partial charge >= 0.3 is 0 Å². The molecule has 2 aromatic rings. The molecule has 0 aliphatic heterocycles. The Bertz CT molecular complexity index is 651. The van der Waals surface area contributed by atoms with Crippen LogP contribution in [0.4, 0.5) is 0 Å². The highest BCUT2D eigenvalue weighted by Crippen LogP contribution is 2.36. The molecule has 0 radical (unpaired) electrons. The highest BCUT2D eigenvalue weighted by Gasteiger charge is 2.16. The molecule has 0 spiro atoms. The Balaban J connectivity index is 2.52. The number of phenolic OH excluding ortho intramolecular Hbond substituents is 2. The fourth-order valence-corrected chi connectivity index (χ4v) is 3.12. The van der Waals surface area contributed by atoms with E-state index in [2.05, 4.69) is 27.7 Å². The fourth-order valence-electron chi connectivity index (χ4n) is 3.12. The summed E-state index contributed by atoms with van der Waals surface area (Å²) in [7, 11) is 0. The maximum atomic E-state index is 10.6. The minimum Gasteiger partial charge on any atom is -0.507 e. The molecular weight excluding hydrogens is 284 g/mol. The second-order valence-electron chi connectivity index (χ2n) is 7.21. The van der Waals surface area contributed by atoms with E-state index >= 15 is 0 Å². The SMILES string of the molecule is Cc1cc(Cc2cc(C)cc(C(C)C)c2O)c(O)c(C(C)C)c1. The van der Waals surface area contributed by atoms with Crippen LogP contribution in [0.1, 0.15) is 72.9 Å². The molecule has 0 heterocycles. The number of phenols is 2. The average molecular weight is 312 g/mol. The quantitative estimate of drug-likeness (QED) is 0.776. The molecule has 0 bridgehead atoms. The van der Waals surface area contributed by atoms with Crippen molar-refractivity contribution in [3.63, 3.8) is 0 Å². The molecule has 2 heteroatoms. The van der Waals surface area contributed by atoms with Crippen LogP contribution < -0.4 is 0 Å². The number of benzene rings is 2. The van der Waals surface area contributed by atoms with Gasteiger partial charge in [0.05, 0.1) is 0 Å². The summed E-state index contributed by atoms with van der Waals surface area (Å²) in [5.74, 6) is 1.26. The molecule has 0 fully saturated rings. The Kier molecular flexibility index (Phi) is 5.03. The second kappa shape index (κ2) is 6.66. The number of aryl methyl sites for hydroxylation is 2. The zero-order valence-corrected chi connectivity index (χ0v) is 15.1. The second-order valence-corrected chi connectivity index (χ2v) is 7.21. The molecule has 124 valence electrons. The van der Waals surface area contributed by atoms with E-state index in [4.69, 9.17) is 0 Å². The first kappa shape index (κ1) is 17.4. The molecule has 2 aromatic carbocycles. The monoisotopic (exact) mass is 312 g/mol. The number of hydrogen-bond donors (Lipinski definition) is 2. The largest absolute Gasteiger partial charge is 0.507 e. The zero-order valence-electron chi connectivity index (χ0n) is 15.1. The summed E-state index contributed by atoms with van der Waals surface area (Å²) in [6, 6.07) is 8.11. The highest BCUT2D eigenvalue weighted by atomic mass is 16.3. The maximum Gasteiger partial charge on any atom is 0.122 e. The molecule has 0 aliphatic rings. The molecule has 0 saturated carbocycles. The summed E-state index contributed by atoms with van der Waals surface area (Å²) in [6.07, 6.45) is 0.542. The van der Waals surface area contributed by atoms with E-state index in [0.717, 1.165) is 33.4 Å². The van der Waals surface area contributed by atoms with Crippen molar-refractivity contribution in [3.8, 4) is 11.5 Å². The zero-order chi connectivity index (χ0) is 17.3. The molecule has 2 rings (SSSR count). The minimum atomic E-state index is 0.269. The predicted octanol–water partition coefficient (Wildman–Crippen LogP) is 5.55. The lowest BCUT2D eigenvalue weighted by atomic mass is 9.90. The summed E-state index contributed by atoms with van der Waals surface area (Å²) < 4.78 is 0. The van der Waals surface area contributed by atoms with Gasteiger partial charge in [-0.15, -0.1) is 0 Å². The van der Waals surface area contributed by atoms with Gasteiger partial charge in [-0.3, -0.25) is 0 Å². The van der Waals surface area contributed by atoms with Crippen molar-refractivity contribution < 1.29 is 10.2 Å². The van der Waals surface area contributed by atoms with E-state index in [1.807, 2.05) is 38.1 Å². The Morgan fingerprint density at radius 2 is 1.04 bits per heavy atom. The summed E-state index contributed by atoms with van der Waals surface area (Å²) in [5, 5.41) is 21.2. The van der Waals surface area contributed by atoms with Gasteiger partial charge < -0.3 is 10.2 Å². The normalized spacial score (nSPS) is 11.5. The summed E-state index contributed by atoms with van der Waals surface area (Å²) in [6.45, 7) is 12.4. The van der Waals surface area contributed by atoms with Gasteiger partial charge in [-0.2, -0.15) is 0 Å². The van der Waals surface area contributed by atoms with Crippen LogP contribution in [0, 0.1) is 13.8 Å². The third-order valence-corrected chi connectivity index (χ3v) is 4.35. The first-order valence-electron chi connectivity index (χ1n) is 8.35. The molecule has 0 aliphatic carbocycles. The van der Waals surface area contributed by atoms with Gasteiger partial charge in [0.25, 0.3) is 0 Å². The maximum absolute atomic E-state index is 10.6. The van der Waals surface area contributed by atoms with Crippen molar-refractivity contribution in [1.29, 1.82) is 0 Å². The first-order chi connectivity index (χ1) is 10.7. The van der Waals surface area contributed by atoms with Crippen LogP contribution in [0.25, 0.3) is 0 Å². The first-order valence-corrected chi connectivity index (χ1v) is 8.35. The molecule has 0 amide bonds. The van der Waals surface area contributed by atoms with Crippen molar-refractivity contribution in [1.82, 2.24) is 0 Å². The molecule has 0 saturated heterocycles. The molecule has 23 heavy (non-hydrogen) atoms. The van der Waals surface area contributed by atoms with Gasteiger partial charge in [0.15, 0.2) is 0 Å². The van der Waals surface area contributed by atoms with Crippen molar-refractivity contribution in [2.24, 2.45) is 0 Å². The van der Waals surface area contributed by atoms with Crippen LogP contribution >= 0.6 is 0 Å². The van der Waals surface area contributed by atoms with Crippen LogP contribution in [0.5, 0.6) is 11.5 Å². The van der Waals surface area contributed by atoms with Crippen molar-refractivity contribution in [2.75, 3.05) is 0 Å². The van der Waals surface area contributed by atoms with Crippen LogP contribution in [-0.4, -0.2) is 10.2 Å². The van der Waals surface area contributed by atoms with E-state index < -0.39 is 0 Å². The van der Waals surface area contributed by atoms with E-state index in [0.29, 0.717) is 17.9 Å². The van der Waals surface area contributed by atoms with Crippen molar-refractivity contribution in [2.45, 2.75) is 59.8 Å². The van der Waals surface area contributed by atoms with Crippen LogP contribution in [0.3, 0.4) is 0 Å². The van der Waals surface area contributed by atoms with E-state index in [1.54, 1.807) is 0 Å². The Morgan fingerprint density at radius 1 is 0.696 bits per heavy atom. The molecule has 2 N–H and O–H groups in total. The van der Waals surface area contributed by atoms with E-state index in [-0.39, 0.29) is 11.8 Å². The minimum absolute atomic E-state index is 0.269. The number of aromatic hydroxyl groups is 2. The molecular formula is C21H28O2. The Labute approximate surface area is 139 Å². The molecule has 0 atom stereocenters. The van der Waals surface area contributed by atoms with Crippen LogP contribution in [0.15, 0.2) is 24.3 Å². The topological polar surface area (TPSA) is 40.5 Å². The van der Waals surface area contributed by atoms with Gasteiger partial charge in [0.1, 0.15) is 11.5 Å². The van der Waals surface area contributed by atoms with Gasteiger partial charge in [0, 0.05) is 6.42 Å². The Morgan fingerprint density at radius 3 is 1.35 bits per heavy atom. The summed E-state index contributed by atoms with van der Waals surface area (Å²) >= 11 is 0. The lowest BCUT2D eigenvalue weighted by molar-refractivity contribution is 0.452. The predicted molar refractivity (Wildman–Crippen MR) is 96.7 cm³/mol. The molecule has 0 unspecified atom stereocenters. The van der Waals surface area contributed by atoms with Crippen molar-refractivity contribution in [3.05, 3.63) is 57.6 Å². The third-order valence-electron chi connectivity index (χ3n) is 4.35. The van der Waals surface area contributed by atoms with E-state index in [9.17, 15) is 10.2 Å². The number of hydrogen-bond acceptors (Lipinski definition) is 2. The molecule has 2 nitrogen and oxygen atoms in total. The highest BCUT2D eigenvalue weighted by molar-refractivity contribution is 5.51. The van der Waals surface area contributed by atoms with Gasteiger partial charge in [-0.05, 0) is 47.9 Å². The average Bonchev–Trinajstić information content (AvgIpc) is 2.45. The third kappa shape index (κ3) is 3.69.